The van der Waals surface area contributed by atoms with E-state index < -0.39 is 11.9 Å². The van der Waals surface area contributed by atoms with Crippen LogP contribution in [0, 0.1) is 0 Å². The molecule has 2 aromatic heterocycles. The summed E-state index contributed by atoms with van der Waals surface area (Å²) in [6, 6.07) is 11.7. The molecule has 0 fully saturated rings. The molecule has 0 bridgehead atoms. The van der Waals surface area contributed by atoms with Gasteiger partial charge in [-0.05, 0) is 49.7 Å². The van der Waals surface area contributed by atoms with Crippen molar-refractivity contribution in [2.75, 3.05) is 5.32 Å². The standard InChI is InChI=1S/C21H19ClF3N3O/c1-13(2)29-19-6-4-14(9-18(19)22)15-3-5-17(27-11-15)12-28-16-7-8-26-20(10-16)21(23,24)25/h3-11,13H,12H2,1-2H3,(H,26,28). The molecule has 0 spiro atoms. The molecule has 0 saturated carbocycles. The second-order valence-corrected chi connectivity index (χ2v) is 7.04. The lowest BCUT2D eigenvalue weighted by molar-refractivity contribution is -0.141. The summed E-state index contributed by atoms with van der Waals surface area (Å²) in [5, 5.41) is 3.44. The number of alkyl halides is 3. The van der Waals surface area contributed by atoms with Gasteiger partial charge in [0.2, 0.25) is 0 Å². The Hall–Kier alpha value is -2.80. The van der Waals surface area contributed by atoms with Crippen molar-refractivity contribution in [1.82, 2.24) is 9.97 Å². The summed E-state index contributed by atoms with van der Waals surface area (Å²) in [7, 11) is 0. The Bertz CT molecular complexity index is 976. The Morgan fingerprint density at radius 1 is 1.03 bits per heavy atom. The number of pyridine rings is 2. The SMILES string of the molecule is CC(C)Oc1ccc(-c2ccc(CNc3ccnc(C(F)(F)F)c3)nc2)cc1Cl. The van der Waals surface area contributed by atoms with Crippen LogP contribution in [0.3, 0.4) is 0 Å². The lowest BCUT2D eigenvalue weighted by atomic mass is 10.1. The molecule has 3 rings (SSSR count). The fraction of sp³-hybridized carbons (Fsp3) is 0.238. The normalized spacial score (nSPS) is 11.6. The number of anilines is 1. The molecule has 0 unspecified atom stereocenters. The lowest BCUT2D eigenvalue weighted by Gasteiger charge is -2.12. The fourth-order valence-corrected chi connectivity index (χ4v) is 2.84. The lowest BCUT2D eigenvalue weighted by Crippen LogP contribution is -2.09. The van der Waals surface area contributed by atoms with E-state index in [0.29, 0.717) is 22.2 Å². The van der Waals surface area contributed by atoms with Gasteiger partial charge in [0, 0.05) is 23.6 Å². The van der Waals surface area contributed by atoms with Crippen LogP contribution >= 0.6 is 11.6 Å². The Morgan fingerprint density at radius 2 is 1.79 bits per heavy atom. The maximum absolute atomic E-state index is 12.7. The van der Waals surface area contributed by atoms with Gasteiger partial charge >= 0.3 is 6.18 Å². The van der Waals surface area contributed by atoms with E-state index in [4.69, 9.17) is 16.3 Å². The van der Waals surface area contributed by atoms with Crippen LogP contribution < -0.4 is 10.1 Å². The van der Waals surface area contributed by atoms with Gasteiger partial charge in [-0.15, -0.1) is 0 Å². The van der Waals surface area contributed by atoms with E-state index in [2.05, 4.69) is 15.3 Å². The first-order valence-corrected chi connectivity index (χ1v) is 9.29. The van der Waals surface area contributed by atoms with Crippen molar-refractivity contribution in [2.45, 2.75) is 32.7 Å². The predicted molar refractivity (Wildman–Crippen MR) is 107 cm³/mol. The van der Waals surface area contributed by atoms with Crippen molar-refractivity contribution in [2.24, 2.45) is 0 Å². The van der Waals surface area contributed by atoms with Crippen LogP contribution in [-0.4, -0.2) is 16.1 Å². The van der Waals surface area contributed by atoms with Crippen molar-refractivity contribution in [3.8, 4) is 16.9 Å². The smallest absolute Gasteiger partial charge is 0.433 e. The number of benzene rings is 1. The second kappa shape index (κ2) is 8.69. The Kier molecular flexibility index (Phi) is 6.27. The summed E-state index contributed by atoms with van der Waals surface area (Å²) in [6.45, 7) is 4.14. The van der Waals surface area contributed by atoms with Gasteiger partial charge in [0.05, 0.1) is 23.4 Å². The van der Waals surface area contributed by atoms with Crippen LogP contribution in [0.2, 0.25) is 5.02 Å². The minimum Gasteiger partial charge on any atom is -0.489 e. The molecule has 0 atom stereocenters. The highest BCUT2D eigenvalue weighted by Crippen LogP contribution is 2.31. The largest absolute Gasteiger partial charge is 0.489 e. The number of ether oxygens (including phenoxy) is 1. The van der Waals surface area contributed by atoms with Gasteiger partial charge in [0.25, 0.3) is 0 Å². The number of nitrogens with zero attached hydrogens (tertiary/aromatic N) is 2. The highest BCUT2D eigenvalue weighted by molar-refractivity contribution is 6.32. The van der Waals surface area contributed by atoms with E-state index in [1.54, 1.807) is 12.3 Å². The van der Waals surface area contributed by atoms with Crippen LogP contribution in [0.25, 0.3) is 11.1 Å². The van der Waals surface area contributed by atoms with Gasteiger partial charge in [-0.3, -0.25) is 9.97 Å². The third-order valence-corrected chi connectivity index (χ3v) is 4.27. The number of hydrogen-bond acceptors (Lipinski definition) is 4. The third-order valence-electron chi connectivity index (χ3n) is 3.98. The molecule has 29 heavy (non-hydrogen) atoms. The van der Waals surface area contributed by atoms with E-state index in [-0.39, 0.29) is 12.6 Å². The number of nitrogens with one attached hydrogen (secondary N) is 1. The molecule has 0 amide bonds. The molecule has 1 N–H and O–H groups in total. The van der Waals surface area contributed by atoms with Crippen molar-refractivity contribution >= 4 is 17.3 Å². The van der Waals surface area contributed by atoms with Gasteiger partial charge in [-0.1, -0.05) is 23.7 Å². The monoisotopic (exact) mass is 421 g/mol. The Balaban J connectivity index is 1.67. The van der Waals surface area contributed by atoms with E-state index in [9.17, 15) is 13.2 Å². The molecule has 1 aromatic carbocycles. The molecule has 152 valence electrons. The van der Waals surface area contributed by atoms with Gasteiger partial charge in [-0.25, -0.2) is 0 Å². The van der Waals surface area contributed by atoms with E-state index in [1.807, 2.05) is 38.1 Å². The molecule has 0 aliphatic carbocycles. The van der Waals surface area contributed by atoms with Crippen molar-refractivity contribution in [3.63, 3.8) is 0 Å². The Labute approximate surface area is 171 Å². The minimum absolute atomic E-state index is 0.0272. The minimum atomic E-state index is -4.48. The molecule has 2 heterocycles. The number of aromatic nitrogens is 2. The van der Waals surface area contributed by atoms with Crippen LogP contribution in [0.4, 0.5) is 18.9 Å². The molecule has 0 aliphatic rings. The maximum Gasteiger partial charge on any atom is 0.433 e. The first-order chi connectivity index (χ1) is 13.7. The summed E-state index contributed by atoms with van der Waals surface area (Å²) in [6.07, 6.45) is -1.63. The summed E-state index contributed by atoms with van der Waals surface area (Å²) >= 11 is 6.28. The molecule has 0 aliphatic heterocycles. The average molecular weight is 422 g/mol. The third kappa shape index (κ3) is 5.60. The van der Waals surface area contributed by atoms with Crippen molar-refractivity contribution < 1.29 is 17.9 Å². The average Bonchev–Trinajstić information content (AvgIpc) is 2.68. The first kappa shape index (κ1) is 20.9. The van der Waals surface area contributed by atoms with Crippen LogP contribution in [0.15, 0.2) is 54.9 Å². The van der Waals surface area contributed by atoms with Crippen LogP contribution in [0.5, 0.6) is 5.75 Å². The zero-order valence-corrected chi connectivity index (χ0v) is 16.6. The van der Waals surface area contributed by atoms with E-state index >= 15 is 0 Å². The zero-order valence-electron chi connectivity index (χ0n) is 15.8. The number of halogens is 4. The van der Waals surface area contributed by atoms with Crippen LogP contribution in [0.1, 0.15) is 25.2 Å². The van der Waals surface area contributed by atoms with Crippen LogP contribution in [-0.2, 0) is 12.7 Å². The zero-order chi connectivity index (χ0) is 21.0. The van der Waals surface area contributed by atoms with Gasteiger partial charge in [0.1, 0.15) is 11.4 Å². The molecule has 0 radical (unpaired) electrons. The fourth-order valence-electron chi connectivity index (χ4n) is 2.62. The first-order valence-electron chi connectivity index (χ1n) is 8.91. The van der Waals surface area contributed by atoms with Crippen molar-refractivity contribution in [3.05, 3.63) is 71.3 Å². The van der Waals surface area contributed by atoms with Gasteiger partial charge in [0.15, 0.2) is 0 Å². The summed E-state index contributed by atoms with van der Waals surface area (Å²) in [5.74, 6) is 0.620. The number of hydrogen-bond donors (Lipinski definition) is 1. The van der Waals surface area contributed by atoms with Gasteiger partial charge in [-0.2, -0.15) is 13.2 Å². The molecule has 3 aromatic rings. The summed E-state index contributed by atoms with van der Waals surface area (Å²) < 4.78 is 43.8. The predicted octanol–water partition coefficient (Wildman–Crippen LogP) is 6.22. The molecule has 0 saturated heterocycles. The number of rotatable bonds is 6. The highest BCUT2D eigenvalue weighted by atomic mass is 35.5. The molecular formula is C21H19ClF3N3O. The molecule has 4 nitrogen and oxygen atoms in total. The Morgan fingerprint density at radius 3 is 2.41 bits per heavy atom. The quantitative estimate of drug-likeness (QED) is 0.513. The highest BCUT2D eigenvalue weighted by Gasteiger charge is 2.32. The molecular weight excluding hydrogens is 403 g/mol. The second-order valence-electron chi connectivity index (χ2n) is 6.63. The molecule has 8 heteroatoms. The summed E-state index contributed by atoms with van der Waals surface area (Å²) in [4.78, 5) is 7.71. The van der Waals surface area contributed by atoms with E-state index in [0.717, 1.165) is 23.4 Å². The topological polar surface area (TPSA) is 47.0 Å². The van der Waals surface area contributed by atoms with Gasteiger partial charge < -0.3 is 10.1 Å². The maximum atomic E-state index is 12.7. The summed E-state index contributed by atoms with van der Waals surface area (Å²) in [5.41, 5.74) is 1.83. The van der Waals surface area contributed by atoms with Crippen molar-refractivity contribution in [1.29, 1.82) is 0 Å². The van der Waals surface area contributed by atoms with E-state index in [1.165, 1.54) is 6.07 Å².